The van der Waals surface area contributed by atoms with Crippen LogP contribution in [0.4, 0.5) is 13.2 Å². The highest BCUT2D eigenvalue weighted by molar-refractivity contribution is 6.30. The Morgan fingerprint density at radius 3 is 2.50 bits per heavy atom. The Kier molecular flexibility index (Phi) is 5.48. The first-order chi connectivity index (χ1) is 15.4. The fourth-order valence-electron chi connectivity index (χ4n) is 4.69. The molecule has 6 heteroatoms. The van der Waals surface area contributed by atoms with Crippen LogP contribution in [0.25, 0.3) is 10.9 Å². The van der Waals surface area contributed by atoms with Gasteiger partial charge in [-0.05, 0) is 53.4 Å². The highest BCUT2D eigenvalue weighted by Gasteiger charge is 2.33. The van der Waals surface area contributed by atoms with Crippen molar-refractivity contribution in [1.82, 2.24) is 9.88 Å². The van der Waals surface area contributed by atoms with E-state index in [4.69, 9.17) is 16.9 Å². The van der Waals surface area contributed by atoms with E-state index < -0.39 is 11.7 Å². The first-order valence-corrected chi connectivity index (χ1v) is 10.9. The molecular formula is C26H21ClF3N2. The normalized spacial score (nSPS) is 19.0. The summed E-state index contributed by atoms with van der Waals surface area (Å²) in [7, 11) is 0. The van der Waals surface area contributed by atoms with Gasteiger partial charge in [0.2, 0.25) is 0 Å². The van der Waals surface area contributed by atoms with Crippen LogP contribution in [-0.4, -0.2) is 11.1 Å². The summed E-state index contributed by atoms with van der Waals surface area (Å²) in [6.45, 7) is 1.30. The van der Waals surface area contributed by atoms with Gasteiger partial charge in [-0.15, -0.1) is 0 Å². The van der Waals surface area contributed by atoms with Crippen LogP contribution in [-0.2, 0) is 12.7 Å². The standard InChI is InChI=1S/C26H21ClF3N2/c27-20-5-3-4-18(14-20)25-22(12-13-31-25)23-16-32(24-7-2-1-6-21(23)24)15-17-8-10-19(11-9-17)26(28,29)30/h1-11,14,16,22,25H,12-13,15H2. The number of alkyl halides is 3. The lowest BCUT2D eigenvalue weighted by Gasteiger charge is -2.19. The Morgan fingerprint density at radius 2 is 1.75 bits per heavy atom. The van der Waals surface area contributed by atoms with Gasteiger partial charge in [-0.1, -0.05) is 54.1 Å². The quantitative estimate of drug-likeness (QED) is 0.311. The molecule has 3 aromatic carbocycles. The first-order valence-electron chi connectivity index (χ1n) is 10.6. The second-order valence-corrected chi connectivity index (χ2v) is 8.66. The summed E-state index contributed by atoms with van der Waals surface area (Å²) in [5, 5.41) is 6.73. The molecule has 1 saturated heterocycles. The zero-order valence-corrected chi connectivity index (χ0v) is 17.9. The van der Waals surface area contributed by atoms with Crippen LogP contribution < -0.4 is 5.32 Å². The summed E-state index contributed by atoms with van der Waals surface area (Å²) in [5.74, 6) is 0.229. The van der Waals surface area contributed by atoms with Crippen molar-refractivity contribution < 1.29 is 13.2 Å². The Balaban J connectivity index is 1.50. The molecule has 0 saturated carbocycles. The zero-order valence-electron chi connectivity index (χ0n) is 17.2. The van der Waals surface area contributed by atoms with Gasteiger partial charge in [0, 0.05) is 41.1 Å². The highest BCUT2D eigenvalue weighted by Crippen LogP contribution is 2.42. The molecular weight excluding hydrogens is 433 g/mol. The summed E-state index contributed by atoms with van der Waals surface area (Å²) >= 11 is 6.23. The van der Waals surface area contributed by atoms with Crippen molar-refractivity contribution >= 4 is 22.5 Å². The summed E-state index contributed by atoms with van der Waals surface area (Å²) in [6.07, 6.45) is -1.23. The van der Waals surface area contributed by atoms with Crippen LogP contribution >= 0.6 is 11.6 Å². The number of nitrogens with zero attached hydrogens (tertiary/aromatic N) is 2. The largest absolute Gasteiger partial charge is 0.416 e. The van der Waals surface area contributed by atoms with Gasteiger partial charge >= 0.3 is 6.18 Å². The number of rotatable bonds is 4. The van der Waals surface area contributed by atoms with Crippen molar-refractivity contribution in [2.75, 3.05) is 6.54 Å². The lowest BCUT2D eigenvalue weighted by atomic mass is 9.88. The van der Waals surface area contributed by atoms with E-state index >= 15 is 0 Å². The third-order valence-electron chi connectivity index (χ3n) is 6.19. The minimum Gasteiger partial charge on any atom is -0.343 e. The summed E-state index contributed by atoms with van der Waals surface area (Å²) in [5.41, 5.74) is 3.60. The van der Waals surface area contributed by atoms with E-state index in [2.05, 4.69) is 29.0 Å². The van der Waals surface area contributed by atoms with E-state index in [1.54, 1.807) is 12.1 Å². The number of benzene rings is 3. The monoisotopic (exact) mass is 453 g/mol. The molecule has 2 nitrogen and oxygen atoms in total. The van der Waals surface area contributed by atoms with E-state index in [1.165, 1.54) is 5.56 Å². The first kappa shape index (κ1) is 21.1. The molecule has 2 heterocycles. The van der Waals surface area contributed by atoms with Gasteiger partial charge in [-0.2, -0.15) is 13.2 Å². The average Bonchev–Trinajstić information content (AvgIpc) is 3.39. The molecule has 1 fully saturated rings. The minimum atomic E-state index is -4.33. The summed E-state index contributed by atoms with van der Waals surface area (Å²) in [4.78, 5) is 0. The molecule has 0 amide bonds. The smallest absolute Gasteiger partial charge is 0.343 e. The Morgan fingerprint density at radius 1 is 0.969 bits per heavy atom. The third-order valence-corrected chi connectivity index (χ3v) is 6.43. The minimum absolute atomic E-state index is 0.0408. The topological polar surface area (TPSA) is 19.0 Å². The average molecular weight is 454 g/mol. The van der Waals surface area contributed by atoms with Crippen molar-refractivity contribution in [3.63, 3.8) is 0 Å². The van der Waals surface area contributed by atoms with Gasteiger partial charge in [0.05, 0.1) is 11.6 Å². The lowest BCUT2D eigenvalue weighted by Crippen LogP contribution is -2.11. The number of halogens is 4. The molecule has 1 aliphatic rings. The van der Waals surface area contributed by atoms with Crippen molar-refractivity contribution in [2.24, 2.45) is 0 Å². The Hall–Kier alpha value is -2.76. The lowest BCUT2D eigenvalue weighted by molar-refractivity contribution is -0.137. The second-order valence-electron chi connectivity index (χ2n) is 8.23. The van der Waals surface area contributed by atoms with Gasteiger partial charge < -0.3 is 4.57 Å². The van der Waals surface area contributed by atoms with Gasteiger partial charge in [-0.25, -0.2) is 5.32 Å². The number of fused-ring (bicyclic) bond motifs is 1. The maximum Gasteiger partial charge on any atom is 0.416 e. The molecule has 32 heavy (non-hydrogen) atoms. The fourth-order valence-corrected chi connectivity index (χ4v) is 4.89. The van der Waals surface area contributed by atoms with E-state index in [1.807, 2.05) is 30.3 Å². The summed E-state index contributed by atoms with van der Waals surface area (Å²) < 4.78 is 40.9. The van der Waals surface area contributed by atoms with Crippen LogP contribution in [0.5, 0.6) is 0 Å². The molecule has 0 bridgehead atoms. The molecule has 1 aliphatic heterocycles. The molecule has 163 valence electrons. The van der Waals surface area contributed by atoms with Crippen molar-refractivity contribution in [3.8, 4) is 0 Å². The highest BCUT2D eigenvalue weighted by atomic mass is 35.5. The van der Waals surface area contributed by atoms with E-state index in [9.17, 15) is 13.2 Å². The Bertz CT molecular complexity index is 1240. The van der Waals surface area contributed by atoms with Crippen molar-refractivity contribution in [2.45, 2.75) is 31.1 Å². The molecule has 5 rings (SSSR count). The molecule has 2 unspecified atom stereocenters. The van der Waals surface area contributed by atoms with Crippen LogP contribution in [0, 0.1) is 0 Å². The molecule has 0 N–H and O–H groups in total. The maximum absolute atomic E-state index is 12.9. The fraction of sp³-hybridized carbons (Fsp3) is 0.231. The van der Waals surface area contributed by atoms with Crippen LogP contribution in [0.15, 0.2) is 79.0 Å². The summed E-state index contributed by atoms with van der Waals surface area (Å²) in [6, 6.07) is 21.5. The molecule has 0 spiro atoms. The van der Waals surface area contributed by atoms with E-state index in [0.29, 0.717) is 11.6 Å². The predicted octanol–water partition coefficient (Wildman–Crippen LogP) is 7.19. The van der Waals surface area contributed by atoms with Gasteiger partial charge in [0.15, 0.2) is 0 Å². The molecule has 0 aliphatic carbocycles. The van der Waals surface area contributed by atoms with Crippen molar-refractivity contribution in [3.05, 3.63) is 106 Å². The second kappa shape index (κ2) is 8.30. The van der Waals surface area contributed by atoms with Gasteiger partial charge in [0.1, 0.15) is 0 Å². The number of hydrogen-bond donors (Lipinski definition) is 0. The number of hydrogen-bond acceptors (Lipinski definition) is 0. The van der Waals surface area contributed by atoms with E-state index in [0.717, 1.165) is 47.1 Å². The zero-order chi connectivity index (χ0) is 22.3. The van der Waals surface area contributed by atoms with E-state index in [-0.39, 0.29) is 12.0 Å². The van der Waals surface area contributed by atoms with Crippen LogP contribution in [0.3, 0.4) is 0 Å². The van der Waals surface area contributed by atoms with Crippen LogP contribution in [0.2, 0.25) is 5.02 Å². The number of para-hydroxylation sites is 1. The van der Waals surface area contributed by atoms with Crippen molar-refractivity contribution in [1.29, 1.82) is 0 Å². The third kappa shape index (κ3) is 4.03. The molecule has 1 aromatic heterocycles. The molecule has 4 aromatic rings. The van der Waals surface area contributed by atoms with Gasteiger partial charge in [-0.3, -0.25) is 0 Å². The number of aromatic nitrogens is 1. The Labute approximate surface area is 189 Å². The van der Waals surface area contributed by atoms with Crippen LogP contribution in [0.1, 0.15) is 40.6 Å². The SMILES string of the molecule is FC(F)(F)c1ccc(Cn2cc(C3CC[N]C3c3cccc(Cl)c3)c3ccccc32)cc1. The predicted molar refractivity (Wildman–Crippen MR) is 121 cm³/mol. The van der Waals surface area contributed by atoms with Gasteiger partial charge in [0.25, 0.3) is 0 Å². The molecule has 1 radical (unpaired) electrons. The molecule has 2 atom stereocenters. The maximum atomic E-state index is 12.9.